The number of nitrogens with one attached hydrogen (secondary N) is 2. The van der Waals surface area contributed by atoms with Gasteiger partial charge in [-0.05, 0) is 12.5 Å². The Bertz CT molecular complexity index is 537. The van der Waals surface area contributed by atoms with Gasteiger partial charge in [0, 0.05) is 12.1 Å². The molecule has 0 aliphatic rings. The number of primary amides is 1. The van der Waals surface area contributed by atoms with E-state index in [0.717, 1.165) is 12.8 Å². The molecule has 5 nitrogen and oxygen atoms in total. The van der Waals surface area contributed by atoms with E-state index in [1.807, 2.05) is 0 Å². The molecule has 0 aromatic heterocycles. The van der Waals surface area contributed by atoms with E-state index < -0.39 is 17.9 Å². The molecule has 4 N–H and O–H groups in total. The molecule has 0 spiro atoms. The number of nitrogens with two attached hydrogens (primary N) is 1. The van der Waals surface area contributed by atoms with Gasteiger partial charge in [-0.2, -0.15) is 0 Å². The molecule has 0 unspecified atom stereocenters. The van der Waals surface area contributed by atoms with Crippen molar-refractivity contribution in [1.29, 1.82) is 0 Å². The van der Waals surface area contributed by atoms with Gasteiger partial charge >= 0.3 is 6.03 Å². The summed E-state index contributed by atoms with van der Waals surface area (Å²) in [4.78, 5) is 23.2. The summed E-state index contributed by atoms with van der Waals surface area (Å²) in [6.45, 7) is 2.78. The molecule has 0 fully saturated rings. The molecule has 25 heavy (non-hydrogen) atoms. The first-order valence-corrected chi connectivity index (χ1v) is 9.11. The lowest BCUT2D eigenvalue weighted by atomic mass is 10.0. The van der Waals surface area contributed by atoms with Gasteiger partial charge in [0.25, 0.3) is 0 Å². The maximum atomic E-state index is 13.9. The Balaban J connectivity index is 2.36. The Kier molecular flexibility index (Phi) is 10.3. The third kappa shape index (κ3) is 9.08. The molecule has 1 aromatic rings. The highest BCUT2D eigenvalue weighted by Crippen LogP contribution is 2.20. The summed E-state index contributed by atoms with van der Waals surface area (Å²) in [6, 6.07) is 4.49. The standard InChI is InChI=1S/C19H30FN3O2/c1-2-3-4-5-6-7-10-13-22-18(24)14-17(23-19(21)25)15-11-8-9-12-16(15)20/h8-9,11-12,17H,2-7,10,13-14H2,1H3,(H,22,24)(H3,21,23,25)/t17-/m0/s1. The molecule has 0 saturated carbocycles. The zero-order valence-corrected chi connectivity index (χ0v) is 15.0. The highest BCUT2D eigenvalue weighted by atomic mass is 19.1. The number of unbranched alkanes of at least 4 members (excludes halogenated alkanes) is 6. The zero-order chi connectivity index (χ0) is 18.5. The fourth-order valence-electron chi connectivity index (χ4n) is 2.74. The Labute approximate surface area is 149 Å². The number of carbonyl (C=O) groups is 2. The fraction of sp³-hybridized carbons (Fsp3) is 0.579. The molecule has 6 heteroatoms. The van der Waals surface area contributed by atoms with Crippen LogP contribution in [0.3, 0.4) is 0 Å². The van der Waals surface area contributed by atoms with Crippen molar-refractivity contribution in [3.8, 4) is 0 Å². The summed E-state index contributed by atoms with van der Waals surface area (Å²) in [5.74, 6) is -0.700. The van der Waals surface area contributed by atoms with E-state index >= 15 is 0 Å². The van der Waals surface area contributed by atoms with E-state index in [2.05, 4.69) is 17.6 Å². The molecule has 0 heterocycles. The summed E-state index contributed by atoms with van der Waals surface area (Å²) < 4.78 is 13.9. The third-order valence-corrected chi connectivity index (χ3v) is 4.09. The average molecular weight is 351 g/mol. The molecule has 1 aromatic carbocycles. The third-order valence-electron chi connectivity index (χ3n) is 4.09. The van der Waals surface area contributed by atoms with Crippen LogP contribution in [-0.4, -0.2) is 18.5 Å². The van der Waals surface area contributed by atoms with Gasteiger partial charge in [0.05, 0.1) is 12.5 Å². The van der Waals surface area contributed by atoms with Crippen LogP contribution in [0.1, 0.15) is 69.9 Å². The second-order valence-corrected chi connectivity index (χ2v) is 6.26. The van der Waals surface area contributed by atoms with Crippen LogP contribution in [0.25, 0.3) is 0 Å². The number of hydrogen-bond acceptors (Lipinski definition) is 2. The average Bonchev–Trinajstić information content (AvgIpc) is 2.56. The van der Waals surface area contributed by atoms with Crippen LogP contribution in [0.2, 0.25) is 0 Å². The van der Waals surface area contributed by atoms with Crippen LogP contribution >= 0.6 is 0 Å². The second-order valence-electron chi connectivity index (χ2n) is 6.26. The number of carbonyl (C=O) groups excluding carboxylic acids is 2. The van der Waals surface area contributed by atoms with Gasteiger partial charge in [-0.1, -0.05) is 63.6 Å². The van der Waals surface area contributed by atoms with Gasteiger partial charge in [-0.15, -0.1) is 0 Å². The van der Waals surface area contributed by atoms with Gasteiger partial charge in [0.15, 0.2) is 0 Å². The molecule has 3 amide bonds. The SMILES string of the molecule is CCCCCCCCCNC(=O)C[C@H](NC(N)=O)c1ccccc1F. The Hall–Kier alpha value is -2.11. The van der Waals surface area contributed by atoms with E-state index in [1.54, 1.807) is 18.2 Å². The quantitative estimate of drug-likeness (QED) is 0.501. The van der Waals surface area contributed by atoms with E-state index in [4.69, 9.17) is 5.73 Å². The highest BCUT2D eigenvalue weighted by Gasteiger charge is 2.20. The number of benzene rings is 1. The first kappa shape index (κ1) is 20.9. The van der Waals surface area contributed by atoms with Crippen LogP contribution in [0, 0.1) is 5.82 Å². The van der Waals surface area contributed by atoms with Crippen molar-refractivity contribution in [2.45, 2.75) is 64.3 Å². The molecule has 140 valence electrons. The van der Waals surface area contributed by atoms with Crippen molar-refractivity contribution in [3.05, 3.63) is 35.6 Å². The lowest BCUT2D eigenvalue weighted by Crippen LogP contribution is -2.37. The Morgan fingerprint density at radius 1 is 1.08 bits per heavy atom. The molecule has 0 aliphatic carbocycles. The zero-order valence-electron chi connectivity index (χ0n) is 15.0. The lowest BCUT2D eigenvalue weighted by Gasteiger charge is -2.18. The monoisotopic (exact) mass is 351 g/mol. The summed E-state index contributed by atoms with van der Waals surface area (Å²) in [5, 5.41) is 5.26. The molecular weight excluding hydrogens is 321 g/mol. The first-order chi connectivity index (χ1) is 12.0. The number of urea groups is 1. The van der Waals surface area contributed by atoms with E-state index in [-0.39, 0.29) is 17.9 Å². The van der Waals surface area contributed by atoms with Crippen molar-refractivity contribution in [2.75, 3.05) is 6.54 Å². The van der Waals surface area contributed by atoms with Crippen molar-refractivity contribution in [3.63, 3.8) is 0 Å². The second kappa shape index (κ2) is 12.3. The molecule has 1 rings (SSSR count). The summed E-state index contributed by atoms with van der Waals surface area (Å²) >= 11 is 0. The Morgan fingerprint density at radius 2 is 1.72 bits per heavy atom. The van der Waals surface area contributed by atoms with Crippen LogP contribution in [-0.2, 0) is 4.79 Å². The predicted octanol–water partition coefficient (Wildman–Crippen LogP) is 3.79. The lowest BCUT2D eigenvalue weighted by molar-refractivity contribution is -0.121. The van der Waals surface area contributed by atoms with Gasteiger partial charge in [0.2, 0.25) is 5.91 Å². The fourth-order valence-corrected chi connectivity index (χ4v) is 2.74. The van der Waals surface area contributed by atoms with Gasteiger partial charge in [-0.25, -0.2) is 9.18 Å². The summed E-state index contributed by atoms with van der Waals surface area (Å²) in [6.07, 6.45) is 8.16. The van der Waals surface area contributed by atoms with Crippen LogP contribution < -0.4 is 16.4 Å². The number of amides is 3. The predicted molar refractivity (Wildman–Crippen MR) is 97.5 cm³/mol. The normalized spacial score (nSPS) is 11.8. The van der Waals surface area contributed by atoms with Crippen LogP contribution in [0.15, 0.2) is 24.3 Å². The molecule has 0 radical (unpaired) electrons. The van der Waals surface area contributed by atoms with Gasteiger partial charge < -0.3 is 16.4 Å². The van der Waals surface area contributed by atoms with E-state index in [9.17, 15) is 14.0 Å². The maximum Gasteiger partial charge on any atom is 0.312 e. The number of halogens is 1. The molecule has 1 atom stereocenters. The van der Waals surface area contributed by atoms with Crippen molar-refractivity contribution >= 4 is 11.9 Å². The smallest absolute Gasteiger partial charge is 0.312 e. The summed E-state index contributed by atoms with van der Waals surface area (Å²) in [5.41, 5.74) is 5.40. The van der Waals surface area contributed by atoms with Crippen LogP contribution in [0.4, 0.5) is 9.18 Å². The van der Waals surface area contributed by atoms with E-state index in [0.29, 0.717) is 6.54 Å². The van der Waals surface area contributed by atoms with Crippen LogP contribution in [0.5, 0.6) is 0 Å². The minimum Gasteiger partial charge on any atom is -0.356 e. The minimum absolute atomic E-state index is 0.0413. The largest absolute Gasteiger partial charge is 0.356 e. The number of hydrogen-bond donors (Lipinski definition) is 3. The summed E-state index contributed by atoms with van der Waals surface area (Å²) in [7, 11) is 0. The molecule has 0 bridgehead atoms. The first-order valence-electron chi connectivity index (χ1n) is 9.11. The van der Waals surface area contributed by atoms with Gasteiger partial charge in [0.1, 0.15) is 5.82 Å². The number of rotatable bonds is 12. The minimum atomic E-state index is -0.784. The van der Waals surface area contributed by atoms with Crippen molar-refractivity contribution in [1.82, 2.24) is 10.6 Å². The Morgan fingerprint density at radius 3 is 2.36 bits per heavy atom. The molecular formula is C19H30FN3O2. The van der Waals surface area contributed by atoms with Crippen molar-refractivity contribution < 1.29 is 14.0 Å². The van der Waals surface area contributed by atoms with Gasteiger partial charge in [-0.3, -0.25) is 4.79 Å². The molecule has 0 saturated heterocycles. The molecule has 0 aliphatic heterocycles. The van der Waals surface area contributed by atoms with E-state index in [1.165, 1.54) is 38.2 Å². The highest BCUT2D eigenvalue weighted by molar-refractivity contribution is 5.78. The van der Waals surface area contributed by atoms with Crippen molar-refractivity contribution in [2.24, 2.45) is 5.73 Å². The topological polar surface area (TPSA) is 84.2 Å². The maximum absolute atomic E-state index is 13.9.